The third-order valence-corrected chi connectivity index (χ3v) is 5.12. The van der Waals surface area contributed by atoms with E-state index < -0.39 is 22.7 Å². The van der Waals surface area contributed by atoms with E-state index in [1.165, 1.54) is 18.2 Å². The Morgan fingerprint density at radius 1 is 1.24 bits per heavy atom. The molecule has 1 aliphatic rings. The Kier molecular flexibility index (Phi) is 4.31. The standard InChI is InChI=1S/C15H14F3N3O3S/c16-15(17,18)8-21-7-14(19-9-21)20-25(23,24)11-4-5-12-10(6-11)2-1-3-13(12)22/h4-7,9,20H,1-3,8H2. The number of aromatic nitrogens is 2. The zero-order chi connectivity index (χ0) is 18.2. The van der Waals surface area contributed by atoms with E-state index >= 15 is 0 Å². The normalized spacial score (nSPS) is 15.1. The molecule has 0 saturated heterocycles. The van der Waals surface area contributed by atoms with E-state index in [0.717, 1.165) is 17.1 Å². The third kappa shape index (κ3) is 4.01. The van der Waals surface area contributed by atoms with Crippen LogP contribution >= 0.6 is 0 Å². The Balaban J connectivity index is 1.82. The molecule has 1 heterocycles. The molecular weight excluding hydrogens is 359 g/mol. The number of nitrogens with zero attached hydrogens (tertiary/aromatic N) is 2. The minimum atomic E-state index is -4.43. The van der Waals surface area contributed by atoms with Crippen molar-refractivity contribution in [3.63, 3.8) is 0 Å². The van der Waals surface area contributed by atoms with E-state index in [0.29, 0.717) is 30.4 Å². The van der Waals surface area contributed by atoms with E-state index in [2.05, 4.69) is 9.71 Å². The summed E-state index contributed by atoms with van der Waals surface area (Å²) in [4.78, 5) is 15.4. The molecule has 1 aromatic heterocycles. The van der Waals surface area contributed by atoms with E-state index in [9.17, 15) is 26.4 Å². The van der Waals surface area contributed by atoms with Crippen LogP contribution in [0.2, 0.25) is 0 Å². The van der Waals surface area contributed by atoms with Gasteiger partial charge in [-0.3, -0.25) is 9.52 Å². The fraction of sp³-hybridized carbons (Fsp3) is 0.333. The zero-order valence-corrected chi connectivity index (χ0v) is 13.7. The Morgan fingerprint density at radius 2 is 2.00 bits per heavy atom. The zero-order valence-electron chi connectivity index (χ0n) is 12.9. The van der Waals surface area contributed by atoms with Crippen LogP contribution in [0.4, 0.5) is 19.0 Å². The largest absolute Gasteiger partial charge is 0.406 e. The number of nitrogens with one attached hydrogen (secondary N) is 1. The summed E-state index contributed by atoms with van der Waals surface area (Å²) in [6.45, 7) is -1.26. The third-order valence-electron chi connectivity index (χ3n) is 3.77. The number of hydrogen-bond donors (Lipinski definition) is 1. The average Bonchev–Trinajstić information content (AvgIpc) is 2.91. The molecule has 0 radical (unpaired) electrons. The number of carbonyl (C=O) groups is 1. The molecule has 2 aromatic rings. The Labute approximate surface area is 141 Å². The van der Waals surface area contributed by atoms with Gasteiger partial charge in [-0.15, -0.1) is 0 Å². The number of aryl methyl sites for hydroxylation is 1. The van der Waals surface area contributed by atoms with Crippen molar-refractivity contribution in [2.45, 2.75) is 36.9 Å². The molecule has 1 N–H and O–H groups in total. The highest BCUT2D eigenvalue weighted by Crippen LogP contribution is 2.25. The summed E-state index contributed by atoms with van der Waals surface area (Å²) < 4.78 is 64.7. The fourth-order valence-corrected chi connectivity index (χ4v) is 3.74. The van der Waals surface area contributed by atoms with Crippen molar-refractivity contribution in [2.24, 2.45) is 0 Å². The molecule has 1 aromatic carbocycles. The second-order valence-corrected chi connectivity index (χ2v) is 7.43. The lowest BCUT2D eigenvalue weighted by molar-refractivity contribution is -0.140. The number of halogens is 3. The van der Waals surface area contributed by atoms with Crippen LogP contribution in [0.15, 0.2) is 35.6 Å². The number of hydrogen-bond acceptors (Lipinski definition) is 4. The van der Waals surface area contributed by atoms with Crippen LogP contribution in [0.1, 0.15) is 28.8 Å². The van der Waals surface area contributed by atoms with Crippen LogP contribution in [0.5, 0.6) is 0 Å². The summed E-state index contributed by atoms with van der Waals surface area (Å²) in [7, 11) is -4.01. The summed E-state index contributed by atoms with van der Waals surface area (Å²) in [5.41, 5.74) is 1.17. The maximum absolute atomic E-state index is 12.4. The van der Waals surface area contributed by atoms with Crippen LogP contribution < -0.4 is 4.72 Å². The number of carbonyl (C=O) groups excluding carboxylic acids is 1. The molecule has 0 unspecified atom stereocenters. The van der Waals surface area contributed by atoms with Gasteiger partial charge in [0.1, 0.15) is 6.54 Å². The van der Waals surface area contributed by atoms with Gasteiger partial charge in [0.2, 0.25) is 0 Å². The molecule has 0 fully saturated rings. The molecule has 10 heteroatoms. The number of anilines is 1. The number of Topliss-reactive ketones (excluding diaryl/α,β-unsaturated/α-hetero) is 1. The van der Waals surface area contributed by atoms with Crippen LogP contribution in [-0.2, 0) is 23.0 Å². The van der Waals surface area contributed by atoms with Crippen molar-refractivity contribution in [3.05, 3.63) is 41.9 Å². The first kappa shape index (κ1) is 17.5. The van der Waals surface area contributed by atoms with Crippen LogP contribution in [-0.4, -0.2) is 29.9 Å². The highest BCUT2D eigenvalue weighted by Gasteiger charge is 2.28. The number of sulfonamides is 1. The maximum Gasteiger partial charge on any atom is 0.406 e. The van der Waals surface area contributed by atoms with Crippen LogP contribution in [0.3, 0.4) is 0 Å². The molecule has 6 nitrogen and oxygen atoms in total. The minimum Gasteiger partial charge on any atom is -0.326 e. The van der Waals surface area contributed by atoms with Crippen LogP contribution in [0, 0.1) is 0 Å². The molecular formula is C15H14F3N3O3S. The van der Waals surface area contributed by atoms with E-state index in [1.54, 1.807) is 0 Å². The van der Waals surface area contributed by atoms with Crippen molar-refractivity contribution < 1.29 is 26.4 Å². The number of alkyl halides is 3. The van der Waals surface area contributed by atoms with Gasteiger partial charge in [0.05, 0.1) is 11.2 Å². The Morgan fingerprint density at radius 3 is 2.72 bits per heavy atom. The molecule has 3 rings (SSSR count). The molecule has 0 bridgehead atoms. The fourth-order valence-electron chi connectivity index (χ4n) is 2.69. The lowest BCUT2D eigenvalue weighted by Gasteiger charge is -2.15. The molecule has 0 aliphatic heterocycles. The summed E-state index contributed by atoms with van der Waals surface area (Å²) in [6.07, 6.45) is -0.866. The predicted molar refractivity (Wildman–Crippen MR) is 82.8 cm³/mol. The molecule has 0 saturated carbocycles. The number of rotatable bonds is 4. The van der Waals surface area contributed by atoms with Gasteiger partial charge in [0.25, 0.3) is 10.0 Å². The number of imidazole rings is 1. The van der Waals surface area contributed by atoms with Crippen molar-refractivity contribution in [3.8, 4) is 0 Å². The first-order valence-electron chi connectivity index (χ1n) is 7.41. The van der Waals surface area contributed by atoms with Crippen molar-refractivity contribution in [2.75, 3.05) is 4.72 Å². The second kappa shape index (κ2) is 6.17. The Hall–Kier alpha value is -2.36. The highest BCUT2D eigenvalue weighted by molar-refractivity contribution is 7.92. The first-order valence-corrected chi connectivity index (χ1v) is 8.90. The molecule has 25 heavy (non-hydrogen) atoms. The Bertz CT molecular complexity index is 920. The highest BCUT2D eigenvalue weighted by atomic mass is 32.2. The molecule has 0 atom stereocenters. The van der Waals surface area contributed by atoms with Gasteiger partial charge in [-0.25, -0.2) is 13.4 Å². The van der Waals surface area contributed by atoms with E-state index in [1.807, 2.05) is 0 Å². The summed E-state index contributed by atoms with van der Waals surface area (Å²) in [5.74, 6) is -0.234. The lowest BCUT2D eigenvalue weighted by atomic mass is 9.91. The van der Waals surface area contributed by atoms with Crippen molar-refractivity contribution in [1.82, 2.24) is 9.55 Å². The monoisotopic (exact) mass is 373 g/mol. The SMILES string of the molecule is O=C1CCCc2cc(S(=O)(=O)Nc3cn(CC(F)(F)F)cn3)ccc21. The minimum absolute atomic E-state index is 0.0240. The van der Waals surface area contributed by atoms with Gasteiger partial charge < -0.3 is 4.57 Å². The van der Waals surface area contributed by atoms with Crippen LogP contribution in [0.25, 0.3) is 0 Å². The first-order chi connectivity index (χ1) is 11.6. The molecule has 0 spiro atoms. The summed E-state index contributed by atoms with van der Waals surface area (Å²) in [5, 5.41) is 0. The molecule has 1 aliphatic carbocycles. The number of benzene rings is 1. The van der Waals surface area contributed by atoms with Gasteiger partial charge >= 0.3 is 6.18 Å². The summed E-state index contributed by atoms with van der Waals surface area (Å²) >= 11 is 0. The van der Waals surface area contributed by atoms with Crippen molar-refractivity contribution >= 4 is 21.6 Å². The van der Waals surface area contributed by atoms with Gasteiger partial charge in [-0.2, -0.15) is 13.2 Å². The molecule has 134 valence electrons. The van der Waals surface area contributed by atoms with E-state index in [-0.39, 0.29) is 16.5 Å². The van der Waals surface area contributed by atoms with Gasteiger partial charge in [-0.1, -0.05) is 0 Å². The smallest absolute Gasteiger partial charge is 0.326 e. The average molecular weight is 373 g/mol. The number of fused-ring (bicyclic) bond motifs is 1. The lowest BCUT2D eigenvalue weighted by Crippen LogP contribution is -2.17. The van der Waals surface area contributed by atoms with Gasteiger partial charge in [-0.05, 0) is 36.6 Å². The van der Waals surface area contributed by atoms with Gasteiger partial charge in [0.15, 0.2) is 11.6 Å². The molecule has 0 amide bonds. The quantitative estimate of drug-likeness (QED) is 0.894. The van der Waals surface area contributed by atoms with E-state index in [4.69, 9.17) is 0 Å². The topological polar surface area (TPSA) is 81.1 Å². The number of ketones is 1. The second-order valence-electron chi connectivity index (χ2n) is 5.75. The maximum atomic E-state index is 12.4. The van der Waals surface area contributed by atoms with Crippen molar-refractivity contribution in [1.29, 1.82) is 0 Å². The summed E-state index contributed by atoms with van der Waals surface area (Å²) in [6, 6.07) is 4.19. The predicted octanol–water partition coefficient (Wildman–Crippen LogP) is 2.77. The van der Waals surface area contributed by atoms with Gasteiger partial charge in [0, 0.05) is 18.2 Å².